The monoisotopic (exact) mass is 488 g/mol. The van der Waals surface area contributed by atoms with E-state index in [9.17, 15) is 9.59 Å². The lowest BCUT2D eigenvalue weighted by Gasteiger charge is -2.31. The highest BCUT2D eigenvalue weighted by Crippen LogP contribution is 2.35. The molecule has 0 radical (unpaired) electrons. The van der Waals surface area contributed by atoms with Gasteiger partial charge in [0.05, 0.1) is 22.7 Å². The van der Waals surface area contributed by atoms with Gasteiger partial charge in [-0.25, -0.2) is 4.98 Å². The predicted octanol–water partition coefficient (Wildman–Crippen LogP) is 7.13. The van der Waals surface area contributed by atoms with Crippen molar-refractivity contribution in [2.24, 2.45) is 0 Å². The normalized spacial score (nSPS) is 14.3. The van der Waals surface area contributed by atoms with E-state index in [1.165, 1.54) is 11.3 Å². The van der Waals surface area contributed by atoms with E-state index < -0.39 is 5.60 Å². The molecule has 1 N–H and O–H groups in total. The molecule has 3 aromatic carbocycles. The summed E-state index contributed by atoms with van der Waals surface area (Å²) in [4.78, 5) is 30.2. The lowest BCUT2D eigenvalue weighted by atomic mass is 9.92. The highest BCUT2D eigenvalue weighted by Gasteiger charge is 2.32. The van der Waals surface area contributed by atoms with Crippen LogP contribution in [0.3, 0.4) is 0 Å². The minimum Gasteiger partial charge on any atom is -0.487 e. The minimum absolute atomic E-state index is 0.0271. The number of halogens is 1. The Bertz CT molecular complexity index is 1430. The van der Waals surface area contributed by atoms with Crippen LogP contribution in [-0.2, 0) is 0 Å². The van der Waals surface area contributed by atoms with Gasteiger partial charge >= 0.3 is 0 Å². The second-order valence-electron chi connectivity index (χ2n) is 8.73. The van der Waals surface area contributed by atoms with E-state index in [2.05, 4.69) is 5.32 Å². The van der Waals surface area contributed by atoms with Crippen LogP contribution in [0.5, 0.6) is 5.75 Å². The van der Waals surface area contributed by atoms with Gasteiger partial charge in [-0.05, 0) is 50.2 Å². The number of aromatic nitrogens is 1. The largest absolute Gasteiger partial charge is 0.487 e. The second kappa shape index (κ2) is 8.70. The Morgan fingerprint density at radius 2 is 1.88 bits per heavy atom. The van der Waals surface area contributed by atoms with E-state index in [1.807, 2.05) is 67.8 Å². The molecule has 0 fully saturated rings. The Balaban J connectivity index is 1.36. The fourth-order valence-electron chi connectivity index (χ4n) is 3.92. The summed E-state index contributed by atoms with van der Waals surface area (Å²) in [7, 11) is 0. The van der Waals surface area contributed by atoms with Gasteiger partial charge < -0.3 is 10.1 Å². The highest BCUT2D eigenvalue weighted by molar-refractivity contribution is 7.13. The molecule has 1 aromatic heterocycles. The van der Waals surface area contributed by atoms with Crippen molar-refractivity contribution in [3.63, 3.8) is 0 Å². The Labute approximate surface area is 206 Å². The molecule has 0 saturated heterocycles. The summed E-state index contributed by atoms with van der Waals surface area (Å²) < 4.78 is 5.88. The van der Waals surface area contributed by atoms with Crippen molar-refractivity contribution >= 4 is 40.3 Å². The number of benzene rings is 3. The molecular formula is C27H21ClN2O3S. The van der Waals surface area contributed by atoms with E-state index in [1.54, 1.807) is 18.2 Å². The van der Waals surface area contributed by atoms with Gasteiger partial charge in [0.1, 0.15) is 16.4 Å². The first-order valence-corrected chi connectivity index (χ1v) is 12.0. The molecule has 5 rings (SSSR count). The average Bonchev–Trinajstić information content (AvgIpc) is 3.29. The summed E-state index contributed by atoms with van der Waals surface area (Å²) in [6.45, 7) is 3.75. The third-order valence-corrected chi connectivity index (χ3v) is 6.74. The molecule has 0 bridgehead atoms. The van der Waals surface area contributed by atoms with E-state index >= 15 is 0 Å². The van der Waals surface area contributed by atoms with Crippen molar-refractivity contribution in [2.75, 3.05) is 5.32 Å². The van der Waals surface area contributed by atoms with Crippen molar-refractivity contribution < 1.29 is 14.3 Å². The van der Waals surface area contributed by atoms with Crippen LogP contribution in [0.1, 0.15) is 41.0 Å². The van der Waals surface area contributed by atoms with Gasteiger partial charge in [-0.3, -0.25) is 9.59 Å². The number of amides is 1. The molecule has 0 spiro atoms. The number of fused-ring (bicyclic) bond motifs is 1. The smallest absolute Gasteiger partial charge is 0.255 e. The molecule has 4 aromatic rings. The lowest BCUT2D eigenvalue weighted by molar-refractivity contribution is 0.0620. The number of anilines is 1. The van der Waals surface area contributed by atoms with Crippen LogP contribution in [0.4, 0.5) is 5.69 Å². The van der Waals surface area contributed by atoms with Crippen LogP contribution < -0.4 is 10.1 Å². The number of thiazole rings is 1. The molecule has 0 atom stereocenters. The molecular weight excluding hydrogens is 468 g/mol. The molecule has 5 nitrogen and oxygen atoms in total. The zero-order valence-electron chi connectivity index (χ0n) is 18.6. The topological polar surface area (TPSA) is 68.3 Å². The first-order chi connectivity index (χ1) is 16.3. The number of rotatable bonds is 4. The Kier molecular flexibility index (Phi) is 5.71. The molecule has 0 saturated carbocycles. The third kappa shape index (κ3) is 4.47. The molecule has 1 aliphatic rings. The maximum atomic E-state index is 12.9. The quantitative estimate of drug-likeness (QED) is 0.332. The number of nitrogens with zero attached hydrogens (tertiary/aromatic N) is 1. The van der Waals surface area contributed by atoms with Crippen LogP contribution in [0.25, 0.3) is 21.8 Å². The van der Waals surface area contributed by atoms with Crippen molar-refractivity contribution in [3.8, 4) is 27.6 Å². The van der Waals surface area contributed by atoms with Gasteiger partial charge in [0.2, 0.25) is 0 Å². The Morgan fingerprint density at radius 3 is 2.71 bits per heavy atom. The third-order valence-electron chi connectivity index (χ3n) is 5.54. The Hall–Kier alpha value is -3.48. The Morgan fingerprint density at radius 1 is 1.06 bits per heavy atom. The van der Waals surface area contributed by atoms with Crippen LogP contribution in [0, 0.1) is 0 Å². The van der Waals surface area contributed by atoms with E-state index in [0.29, 0.717) is 27.6 Å². The van der Waals surface area contributed by atoms with E-state index in [4.69, 9.17) is 21.3 Å². The van der Waals surface area contributed by atoms with E-state index in [-0.39, 0.29) is 18.1 Å². The van der Waals surface area contributed by atoms with Crippen LogP contribution in [-0.4, -0.2) is 22.3 Å². The molecule has 0 aliphatic carbocycles. The summed E-state index contributed by atoms with van der Waals surface area (Å²) in [5.41, 5.74) is 3.50. The van der Waals surface area contributed by atoms with Gasteiger partial charge in [-0.1, -0.05) is 41.9 Å². The van der Waals surface area contributed by atoms with Gasteiger partial charge in [0, 0.05) is 27.8 Å². The highest BCUT2D eigenvalue weighted by atomic mass is 35.5. The molecule has 2 heterocycles. The SMILES string of the molecule is CC1(C)CC(=O)c2cc(C(=O)Nc3cccc(-c4csc(-c5ccccc5Cl)n4)c3)ccc2O1. The number of ether oxygens (including phenoxy) is 1. The lowest BCUT2D eigenvalue weighted by Crippen LogP contribution is -2.36. The fourth-order valence-corrected chi connectivity index (χ4v) is 5.07. The number of hydrogen-bond acceptors (Lipinski definition) is 5. The first kappa shape index (κ1) is 22.3. The van der Waals surface area contributed by atoms with Gasteiger partial charge in [0.25, 0.3) is 5.91 Å². The number of carbonyl (C=O) groups excluding carboxylic acids is 2. The summed E-state index contributed by atoms with van der Waals surface area (Å²) >= 11 is 7.83. The number of Topliss-reactive ketones (excluding diaryl/α,β-unsaturated/α-hetero) is 1. The summed E-state index contributed by atoms with van der Waals surface area (Å²) in [6, 6.07) is 20.1. The molecule has 1 amide bonds. The predicted molar refractivity (Wildman–Crippen MR) is 136 cm³/mol. The zero-order valence-corrected chi connectivity index (χ0v) is 20.2. The number of carbonyl (C=O) groups is 2. The number of nitrogens with one attached hydrogen (secondary N) is 1. The molecule has 1 aliphatic heterocycles. The minimum atomic E-state index is -0.546. The van der Waals surface area contributed by atoms with Crippen LogP contribution >= 0.6 is 22.9 Å². The van der Waals surface area contributed by atoms with Gasteiger partial charge in [0.15, 0.2) is 5.78 Å². The maximum absolute atomic E-state index is 12.9. The van der Waals surface area contributed by atoms with E-state index in [0.717, 1.165) is 21.8 Å². The summed E-state index contributed by atoms with van der Waals surface area (Å²) in [6.07, 6.45) is 0.275. The standard InChI is InChI=1S/C27H21ClN2O3S/c1-27(2)14-23(31)20-13-17(10-11-24(20)33-27)25(32)29-18-7-5-6-16(12-18)22-15-34-26(30-22)19-8-3-4-9-21(19)28/h3-13,15H,14H2,1-2H3,(H,29,32). The first-order valence-electron chi connectivity index (χ1n) is 10.8. The fraction of sp³-hybridized carbons (Fsp3) is 0.148. The molecule has 34 heavy (non-hydrogen) atoms. The second-order valence-corrected chi connectivity index (χ2v) is 9.99. The van der Waals surface area contributed by atoms with Crippen molar-refractivity contribution in [2.45, 2.75) is 25.9 Å². The van der Waals surface area contributed by atoms with Gasteiger partial charge in [-0.15, -0.1) is 11.3 Å². The maximum Gasteiger partial charge on any atom is 0.255 e. The molecule has 7 heteroatoms. The van der Waals surface area contributed by atoms with Gasteiger partial charge in [-0.2, -0.15) is 0 Å². The van der Waals surface area contributed by atoms with Crippen molar-refractivity contribution in [3.05, 3.63) is 88.3 Å². The van der Waals surface area contributed by atoms with Crippen molar-refractivity contribution in [1.82, 2.24) is 4.98 Å². The average molecular weight is 489 g/mol. The summed E-state index contributed by atoms with van der Waals surface area (Å²) in [5.74, 6) is 0.186. The van der Waals surface area contributed by atoms with Crippen LogP contribution in [0.15, 0.2) is 72.1 Å². The number of hydrogen-bond donors (Lipinski definition) is 1. The zero-order chi connectivity index (χ0) is 23.9. The molecule has 0 unspecified atom stereocenters. The molecule has 170 valence electrons. The van der Waals surface area contributed by atoms with Crippen LogP contribution in [0.2, 0.25) is 5.02 Å². The number of ketones is 1. The summed E-state index contributed by atoms with van der Waals surface area (Å²) in [5, 5.41) is 6.37. The van der Waals surface area contributed by atoms with Crippen molar-refractivity contribution in [1.29, 1.82) is 0 Å².